The molecule has 0 aliphatic carbocycles. The zero-order chi connectivity index (χ0) is 12.1. The predicted molar refractivity (Wildman–Crippen MR) is 66.3 cm³/mol. The lowest BCUT2D eigenvalue weighted by Gasteiger charge is -2.30. The van der Waals surface area contributed by atoms with Crippen molar-refractivity contribution in [3.8, 4) is 0 Å². The van der Waals surface area contributed by atoms with Gasteiger partial charge in [-0.1, -0.05) is 6.92 Å². The van der Waals surface area contributed by atoms with Crippen molar-refractivity contribution in [1.82, 2.24) is 15.1 Å². The number of hydrogen-bond acceptors (Lipinski definition) is 3. The highest BCUT2D eigenvalue weighted by Gasteiger charge is 2.26. The monoisotopic (exact) mass is 227 g/mol. The van der Waals surface area contributed by atoms with Gasteiger partial charge in [-0.05, 0) is 33.0 Å². The molecular formula is C12H25N3O. The first-order valence-corrected chi connectivity index (χ1v) is 6.11. The van der Waals surface area contributed by atoms with Gasteiger partial charge < -0.3 is 15.1 Å². The molecule has 1 saturated heterocycles. The largest absolute Gasteiger partial charge is 0.344 e. The van der Waals surface area contributed by atoms with Crippen LogP contribution >= 0.6 is 0 Å². The number of carbonyl (C=O) groups is 1. The zero-order valence-corrected chi connectivity index (χ0v) is 11.0. The van der Waals surface area contributed by atoms with Crippen molar-refractivity contribution in [3.63, 3.8) is 0 Å². The topological polar surface area (TPSA) is 35.6 Å². The molecule has 0 aromatic carbocycles. The van der Waals surface area contributed by atoms with Crippen LogP contribution < -0.4 is 5.32 Å². The van der Waals surface area contributed by atoms with Gasteiger partial charge in [0, 0.05) is 26.7 Å². The highest BCUT2D eigenvalue weighted by Crippen LogP contribution is 2.17. The molecule has 0 aromatic heterocycles. The molecule has 4 heteroatoms. The first-order chi connectivity index (χ1) is 7.50. The van der Waals surface area contributed by atoms with Gasteiger partial charge in [0.05, 0.1) is 5.92 Å². The van der Waals surface area contributed by atoms with Crippen LogP contribution in [-0.4, -0.2) is 63.0 Å². The molecule has 16 heavy (non-hydrogen) atoms. The van der Waals surface area contributed by atoms with Gasteiger partial charge in [-0.2, -0.15) is 0 Å². The van der Waals surface area contributed by atoms with Gasteiger partial charge >= 0.3 is 0 Å². The minimum atomic E-state index is 0.177. The molecule has 1 aliphatic rings. The molecule has 0 bridgehead atoms. The molecule has 4 nitrogen and oxygen atoms in total. The van der Waals surface area contributed by atoms with Crippen LogP contribution in [0.15, 0.2) is 0 Å². The number of carbonyl (C=O) groups excluding carboxylic acids is 1. The molecule has 0 aromatic rings. The Morgan fingerprint density at radius 2 is 1.94 bits per heavy atom. The summed E-state index contributed by atoms with van der Waals surface area (Å²) in [7, 11) is 5.97. The Balaban J connectivity index is 2.37. The molecule has 2 unspecified atom stereocenters. The van der Waals surface area contributed by atoms with E-state index in [9.17, 15) is 4.79 Å². The summed E-state index contributed by atoms with van der Waals surface area (Å²) < 4.78 is 0. The number of piperidine rings is 1. The molecule has 1 aliphatic heterocycles. The summed E-state index contributed by atoms with van der Waals surface area (Å²) in [5.74, 6) is 1.08. The summed E-state index contributed by atoms with van der Waals surface area (Å²) in [6.07, 6.45) is 1.03. The molecule has 0 radical (unpaired) electrons. The van der Waals surface area contributed by atoms with E-state index in [1.165, 1.54) is 0 Å². The Morgan fingerprint density at radius 1 is 1.25 bits per heavy atom. The molecule has 0 spiro atoms. The standard InChI is InChI=1S/C12H25N3O/c1-10-7-11(9-13-8-10)12(16)15(4)6-5-14(2)3/h10-11,13H,5-9H2,1-4H3. The van der Waals surface area contributed by atoms with Crippen molar-refractivity contribution >= 4 is 5.91 Å². The minimum Gasteiger partial charge on any atom is -0.344 e. The highest BCUT2D eigenvalue weighted by atomic mass is 16.2. The highest BCUT2D eigenvalue weighted by molar-refractivity contribution is 5.79. The van der Waals surface area contributed by atoms with Crippen molar-refractivity contribution < 1.29 is 4.79 Å². The van der Waals surface area contributed by atoms with Crippen LogP contribution in [0.4, 0.5) is 0 Å². The quantitative estimate of drug-likeness (QED) is 0.748. The zero-order valence-electron chi connectivity index (χ0n) is 11.0. The second kappa shape index (κ2) is 6.21. The van der Waals surface area contributed by atoms with E-state index in [1.807, 2.05) is 26.0 Å². The van der Waals surface area contributed by atoms with E-state index in [0.717, 1.165) is 32.6 Å². The van der Waals surface area contributed by atoms with Crippen LogP contribution in [-0.2, 0) is 4.79 Å². The Hall–Kier alpha value is -0.610. The average molecular weight is 227 g/mol. The van der Waals surface area contributed by atoms with Gasteiger partial charge in [0.2, 0.25) is 5.91 Å². The van der Waals surface area contributed by atoms with Gasteiger partial charge in [-0.25, -0.2) is 0 Å². The first kappa shape index (κ1) is 13.5. The summed E-state index contributed by atoms with van der Waals surface area (Å²) in [6.45, 7) is 5.83. The minimum absolute atomic E-state index is 0.177. The fourth-order valence-electron chi connectivity index (χ4n) is 2.12. The van der Waals surface area contributed by atoms with Crippen molar-refractivity contribution in [2.75, 3.05) is 47.3 Å². The molecular weight excluding hydrogens is 202 g/mol. The maximum absolute atomic E-state index is 12.1. The lowest BCUT2D eigenvalue weighted by atomic mass is 9.91. The van der Waals surface area contributed by atoms with Crippen molar-refractivity contribution in [2.45, 2.75) is 13.3 Å². The number of nitrogens with one attached hydrogen (secondary N) is 1. The Labute approximate surface area is 99.0 Å². The average Bonchev–Trinajstić information content (AvgIpc) is 2.24. The van der Waals surface area contributed by atoms with Crippen molar-refractivity contribution in [1.29, 1.82) is 0 Å². The number of likely N-dealkylation sites (N-methyl/N-ethyl adjacent to an activating group) is 2. The fraction of sp³-hybridized carbons (Fsp3) is 0.917. The Bertz CT molecular complexity index is 230. The van der Waals surface area contributed by atoms with Crippen LogP contribution in [0, 0.1) is 11.8 Å². The van der Waals surface area contributed by atoms with Crippen molar-refractivity contribution in [2.24, 2.45) is 11.8 Å². The lowest BCUT2D eigenvalue weighted by molar-refractivity contribution is -0.135. The fourth-order valence-corrected chi connectivity index (χ4v) is 2.12. The molecule has 1 heterocycles. The van der Waals surface area contributed by atoms with Crippen LogP contribution in [0.1, 0.15) is 13.3 Å². The van der Waals surface area contributed by atoms with E-state index in [4.69, 9.17) is 0 Å². The van der Waals surface area contributed by atoms with Gasteiger partial charge in [0.15, 0.2) is 0 Å². The maximum Gasteiger partial charge on any atom is 0.226 e. The third kappa shape index (κ3) is 4.10. The molecule has 1 fully saturated rings. The number of amides is 1. The Kier molecular flexibility index (Phi) is 5.22. The van der Waals surface area contributed by atoms with Crippen LogP contribution in [0.2, 0.25) is 0 Å². The van der Waals surface area contributed by atoms with E-state index < -0.39 is 0 Å². The number of nitrogens with zero attached hydrogens (tertiary/aromatic N) is 2. The SMILES string of the molecule is CC1CNCC(C(=O)N(C)CCN(C)C)C1. The molecule has 2 atom stereocenters. The molecule has 1 N–H and O–H groups in total. The van der Waals surface area contributed by atoms with Crippen LogP contribution in [0.25, 0.3) is 0 Å². The smallest absolute Gasteiger partial charge is 0.226 e. The van der Waals surface area contributed by atoms with E-state index in [0.29, 0.717) is 11.8 Å². The number of hydrogen-bond donors (Lipinski definition) is 1. The molecule has 1 amide bonds. The molecule has 1 rings (SSSR count). The summed E-state index contributed by atoms with van der Waals surface area (Å²) in [5, 5.41) is 3.33. The second-order valence-corrected chi connectivity index (χ2v) is 5.26. The molecule has 0 saturated carbocycles. The van der Waals surface area contributed by atoms with E-state index in [-0.39, 0.29) is 5.92 Å². The molecule has 94 valence electrons. The summed E-state index contributed by atoms with van der Waals surface area (Å²) in [6, 6.07) is 0. The third-order valence-electron chi connectivity index (χ3n) is 3.18. The Morgan fingerprint density at radius 3 is 2.50 bits per heavy atom. The summed E-state index contributed by atoms with van der Waals surface area (Å²) >= 11 is 0. The summed E-state index contributed by atoms with van der Waals surface area (Å²) in [4.78, 5) is 16.1. The first-order valence-electron chi connectivity index (χ1n) is 6.11. The van der Waals surface area contributed by atoms with Crippen LogP contribution in [0.3, 0.4) is 0 Å². The normalized spacial score (nSPS) is 25.8. The van der Waals surface area contributed by atoms with Gasteiger partial charge in [-0.15, -0.1) is 0 Å². The van der Waals surface area contributed by atoms with Gasteiger partial charge in [0.1, 0.15) is 0 Å². The van der Waals surface area contributed by atoms with Crippen molar-refractivity contribution in [3.05, 3.63) is 0 Å². The third-order valence-corrected chi connectivity index (χ3v) is 3.18. The van der Waals surface area contributed by atoms with E-state index in [1.54, 1.807) is 0 Å². The van der Waals surface area contributed by atoms with Crippen LogP contribution in [0.5, 0.6) is 0 Å². The predicted octanol–water partition coefficient (Wildman–Crippen LogP) is 0.252. The number of rotatable bonds is 4. The van der Waals surface area contributed by atoms with Gasteiger partial charge in [0.25, 0.3) is 0 Å². The second-order valence-electron chi connectivity index (χ2n) is 5.26. The van der Waals surface area contributed by atoms with E-state index in [2.05, 4.69) is 17.1 Å². The van der Waals surface area contributed by atoms with E-state index >= 15 is 0 Å². The maximum atomic E-state index is 12.1. The van der Waals surface area contributed by atoms with Gasteiger partial charge in [-0.3, -0.25) is 4.79 Å². The lowest BCUT2D eigenvalue weighted by Crippen LogP contribution is -2.45. The summed E-state index contributed by atoms with van der Waals surface area (Å²) in [5.41, 5.74) is 0.